The van der Waals surface area contributed by atoms with E-state index in [4.69, 9.17) is 9.97 Å². The van der Waals surface area contributed by atoms with Crippen LogP contribution in [0.3, 0.4) is 0 Å². The van der Waals surface area contributed by atoms with E-state index in [2.05, 4.69) is 159 Å². The first kappa shape index (κ1) is 27.4. The number of anilines is 6. The standard InChI is InChI=1S/C44H34N4/c1-43(2)30-16-5-9-20-34(30)47(35-21-10-6-17-31(35)43)38-26-29-39-27(40-41(29)46-25-24-45-40)14-13-15-28(39)42(38)48-36-22-11-7-18-32(36)44(3,4)33-19-8-12-23-37(33)48/h5-26H,1-4H3. The zero-order chi connectivity index (χ0) is 32.4. The molecule has 1 aliphatic carbocycles. The van der Waals surface area contributed by atoms with Gasteiger partial charge in [0.1, 0.15) is 0 Å². The minimum Gasteiger partial charge on any atom is -0.308 e. The van der Waals surface area contributed by atoms with Crippen LogP contribution in [0.4, 0.5) is 34.1 Å². The number of rotatable bonds is 2. The largest absolute Gasteiger partial charge is 0.308 e. The van der Waals surface area contributed by atoms with Crippen molar-refractivity contribution in [1.29, 1.82) is 0 Å². The summed E-state index contributed by atoms with van der Waals surface area (Å²) in [6.07, 6.45) is 3.63. The molecule has 0 atom stereocenters. The Morgan fingerprint density at radius 3 is 1.38 bits per heavy atom. The number of hydrogen-bond acceptors (Lipinski definition) is 4. The van der Waals surface area contributed by atoms with Crippen molar-refractivity contribution in [2.24, 2.45) is 0 Å². The SMILES string of the molecule is CC1(C)c2ccccc2N(c2cc3c4c(cccc4c2N2c4ccccc4C(C)(C)c4ccccc42)-c2nccnc2-3)c2ccccc21. The summed E-state index contributed by atoms with van der Waals surface area (Å²) in [5.41, 5.74) is 16.1. The minimum absolute atomic E-state index is 0.170. The third kappa shape index (κ3) is 3.39. The van der Waals surface area contributed by atoms with Crippen molar-refractivity contribution in [1.82, 2.24) is 9.97 Å². The van der Waals surface area contributed by atoms with Gasteiger partial charge in [0.15, 0.2) is 0 Å². The van der Waals surface area contributed by atoms with E-state index in [1.165, 1.54) is 55.8 Å². The maximum absolute atomic E-state index is 4.94. The topological polar surface area (TPSA) is 32.3 Å². The average molecular weight is 619 g/mol. The van der Waals surface area contributed by atoms with Crippen LogP contribution in [-0.2, 0) is 10.8 Å². The predicted octanol–water partition coefficient (Wildman–Crippen LogP) is 11.5. The fraction of sp³-hybridized carbons (Fsp3) is 0.136. The van der Waals surface area contributed by atoms with Crippen LogP contribution in [0.5, 0.6) is 0 Å². The van der Waals surface area contributed by atoms with Crippen LogP contribution in [0.15, 0.2) is 134 Å². The van der Waals surface area contributed by atoms with E-state index in [0.29, 0.717) is 0 Å². The van der Waals surface area contributed by atoms with Crippen LogP contribution < -0.4 is 9.80 Å². The zero-order valence-electron chi connectivity index (χ0n) is 27.5. The van der Waals surface area contributed by atoms with Crippen LogP contribution in [0.2, 0.25) is 0 Å². The molecule has 0 saturated heterocycles. The summed E-state index contributed by atoms with van der Waals surface area (Å²) in [6, 6.07) is 44.8. The summed E-state index contributed by atoms with van der Waals surface area (Å²) in [5.74, 6) is 0. The Morgan fingerprint density at radius 1 is 0.438 bits per heavy atom. The van der Waals surface area contributed by atoms with Crippen molar-refractivity contribution in [2.75, 3.05) is 9.80 Å². The second kappa shape index (κ2) is 9.42. The molecule has 3 aliphatic rings. The second-order valence-corrected chi connectivity index (χ2v) is 14.3. The fourth-order valence-electron chi connectivity index (χ4n) is 8.82. The van der Waals surface area contributed by atoms with Crippen LogP contribution in [0.1, 0.15) is 49.9 Å². The number of nitrogens with zero attached hydrogens (tertiary/aromatic N) is 4. The van der Waals surface area contributed by atoms with Crippen LogP contribution in [0, 0.1) is 0 Å². The Hall–Kier alpha value is -5.74. The third-order valence-electron chi connectivity index (χ3n) is 11.1. The average Bonchev–Trinajstić information content (AvgIpc) is 3.44. The maximum atomic E-state index is 4.94. The van der Waals surface area contributed by atoms with Gasteiger partial charge in [-0.05, 0) is 52.6 Å². The number of fused-ring (bicyclic) bond motifs is 7. The van der Waals surface area contributed by atoms with E-state index in [0.717, 1.165) is 33.9 Å². The lowest BCUT2D eigenvalue weighted by molar-refractivity contribution is 0.630. The van der Waals surface area contributed by atoms with Gasteiger partial charge in [-0.15, -0.1) is 0 Å². The van der Waals surface area contributed by atoms with E-state index in [-0.39, 0.29) is 10.8 Å². The second-order valence-electron chi connectivity index (χ2n) is 14.3. The van der Waals surface area contributed by atoms with Crippen LogP contribution in [-0.4, -0.2) is 9.97 Å². The highest BCUT2D eigenvalue weighted by molar-refractivity contribution is 6.21. The Balaban J connectivity index is 1.40. The zero-order valence-corrected chi connectivity index (χ0v) is 27.5. The van der Waals surface area contributed by atoms with E-state index in [9.17, 15) is 0 Å². The van der Waals surface area contributed by atoms with Gasteiger partial charge in [0.2, 0.25) is 0 Å². The summed E-state index contributed by atoms with van der Waals surface area (Å²) >= 11 is 0. The first-order valence-electron chi connectivity index (χ1n) is 16.8. The van der Waals surface area contributed by atoms with Gasteiger partial charge in [0.25, 0.3) is 0 Å². The van der Waals surface area contributed by atoms with Gasteiger partial charge in [-0.1, -0.05) is 119 Å². The molecule has 4 nitrogen and oxygen atoms in total. The monoisotopic (exact) mass is 618 g/mol. The molecule has 0 amide bonds. The molecular formula is C44H34N4. The molecule has 4 heteroatoms. The highest BCUT2D eigenvalue weighted by Crippen LogP contribution is 2.61. The van der Waals surface area contributed by atoms with Gasteiger partial charge < -0.3 is 9.80 Å². The molecule has 10 rings (SSSR count). The number of benzene rings is 6. The molecule has 7 aromatic rings. The summed E-state index contributed by atoms with van der Waals surface area (Å²) in [5, 5.41) is 2.39. The molecule has 1 aromatic heterocycles. The van der Waals surface area contributed by atoms with Crippen LogP contribution >= 0.6 is 0 Å². The highest BCUT2D eigenvalue weighted by Gasteiger charge is 2.42. The summed E-state index contributed by atoms with van der Waals surface area (Å²) in [4.78, 5) is 14.8. The van der Waals surface area contributed by atoms with E-state index in [1.807, 2.05) is 12.4 Å². The Bertz CT molecular complexity index is 2390. The van der Waals surface area contributed by atoms with Crippen molar-refractivity contribution in [3.8, 4) is 22.5 Å². The maximum Gasteiger partial charge on any atom is 0.0972 e. The molecule has 48 heavy (non-hydrogen) atoms. The molecular weight excluding hydrogens is 585 g/mol. The van der Waals surface area contributed by atoms with Gasteiger partial charge in [-0.25, -0.2) is 0 Å². The molecule has 0 unspecified atom stereocenters. The predicted molar refractivity (Wildman–Crippen MR) is 198 cm³/mol. The van der Waals surface area contributed by atoms with E-state index in [1.54, 1.807) is 0 Å². The lowest BCUT2D eigenvalue weighted by Crippen LogP contribution is -2.33. The number of para-hydroxylation sites is 4. The fourth-order valence-corrected chi connectivity index (χ4v) is 8.82. The lowest BCUT2D eigenvalue weighted by Gasteiger charge is -2.46. The van der Waals surface area contributed by atoms with E-state index >= 15 is 0 Å². The molecule has 2 aliphatic heterocycles. The first-order chi connectivity index (χ1) is 23.4. The van der Waals surface area contributed by atoms with Crippen molar-refractivity contribution in [3.05, 3.63) is 156 Å². The molecule has 0 N–H and O–H groups in total. The minimum atomic E-state index is -0.170. The molecule has 230 valence electrons. The summed E-state index contributed by atoms with van der Waals surface area (Å²) < 4.78 is 0. The van der Waals surface area contributed by atoms with Crippen molar-refractivity contribution >= 4 is 44.9 Å². The molecule has 0 saturated carbocycles. The quantitative estimate of drug-likeness (QED) is 0.193. The van der Waals surface area contributed by atoms with Crippen molar-refractivity contribution in [2.45, 2.75) is 38.5 Å². The van der Waals surface area contributed by atoms with Crippen LogP contribution in [0.25, 0.3) is 33.3 Å². The smallest absolute Gasteiger partial charge is 0.0972 e. The lowest BCUT2D eigenvalue weighted by atomic mass is 9.73. The normalized spacial score (nSPS) is 15.8. The Labute approximate surface area is 281 Å². The summed E-state index contributed by atoms with van der Waals surface area (Å²) in [7, 11) is 0. The van der Waals surface area contributed by atoms with E-state index < -0.39 is 0 Å². The molecule has 0 spiro atoms. The first-order valence-corrected chi connectivity index (χ1v) is 16.8. The number of hydrogen-bond donors (Lipinski definition) is 0. The molecule has 0 fully saturated rings. The number of aromatic nitrogens is 2. The molecule has 6 aromatic carbocycles. The van der Waals surface area contributed by atoms with Gasteiger partial charge in [0.05, 0.1) is 45.5 Å². The van der Waals surface area contributed by atoms with Crippen molar-refractivity contribution in [3.63, 3.8) is 0 Å². The third-order valence-corrected chi connectivity index (χ3v) is 11.1. The van der Waals surface area contributed by atoms with Gasteiger partial charge >= 0.3 is 0 Å². The summed E-state index contributed by atoms with van der Waals surface area (Å²) in [6.45, 7) is 9.40. The van der Waals surface area contributed by atoms with Gasteiger partial charge in [-0.3, -0.25) is 9.97 Å². The molecule has 3 heterocycles. The Kier molecular flexibility index (Phi) is 5.37. The molecule has 0 bridgehead atoms. The molecule has 0 radical (unpaired) electrons. The van der Waals surface area contributed by atoms with Gasteiger partial charge in [-0.2, -0.15) is 0 Å². The highest BCUT2D eigenvalue weighted by atomic mass is 15.2. The van der Waals surface area contributed by atoms with Crippen molar-refractivity contribution < 1.29 is 0 Å². The van der Waals surface area contributed by atoms with Gasteiger partial charge in [0, 0.05) is 45.1 Å². The Morgan fingerprint density at radius 2 is 0.875 bits per heavy atom.